The van der Waals surface area contributed by atoms with Crippen LogP contribution in [0.4, 0.5) is 18.0 Å². The first kappa shape index (κ1) is 18.0. The zero-order chi connectivity index (χ0) is 18.0. The lowest BCUT2D eigenvalue weighted by molar-refractivity contribution is -0.141. The van der Waals surface area contributed by atoms with Crippen molar-refractivity contribution in [3.8, 4) is 0 Å². The van der Waals surface area contributed by atoms with Gasteiger partial charge in [-0.2, -0.15) is 13.2 Å². The zero-order valence-electron chi connectivity index (χ0n) is 12.9. The molecule has 0 saturated carbocycles. The molecule has 2 heterocycles. The van der Waals surface area contributed by atoms with E-state index in [0.29, 0.717) is 6.07 Å². The fourth-order valence-corrected chi connectivity index (χ4v) is 2.06. The predicted molar refractivity (Wildman–Crippen MR) is 73.1 cm³/mol. The van der Waals surface area contributed by atoms with Crippen LogP contribution >= 0.6 is 0 Å². The second kappa shape index (κ2) is 6.63. The van der Waals surface area contributed by atoms with Crippen LogP contribution in [0.2, 0.25) is 0 Å². The summed E-state index contributed by atoms with van der Waals surface area (Å²) >= 11 is 0. The minimum Gasteiger partial charge on any atom is -0.465 e. The SMILES string of the molecule is COC(=O)c1ccc(C(F)(F)F)nc1COCC1(C)CNC(=O)O1. The van der Waals surface area contributed by atoms with E-state index in [4.69, 9.17) is 9.47 Å². The van der Waals surface area contributed by atoms with E-state index < -0.39 is 29.5 Å². The predicted octanol–water partition coefficient (Wildman–Crippen LogP) is 1.90. The number of alkyl halides is 3. The quantitative estimate of drug-likeness (QED) is 0.818. The first-order valence-corrected chi connectivity index (χ1v) is 6.85. The van der Waals surface area contributed by atoms with Crippen LogP contribution in [0.5, 0.6) is 0 Å². The number of pyridine rings is 1. The average molecular weight is 348 g/mol. The van der Waals surface area contributed by atoms with E-state index in [1.54, 1.807) is 6.92 Å². The summed E-state index contributed by atoms with van der Waals surface area (Å²) in [6.07, 6.45) is -5.26. The van der Waals surface area contributed by atoms with Crippen LogP contribution < -0.4 is 5.32 Å². The summed E-state index contributed by atoms with van der Waals surface area (Å²) < 4.78 is 53.1. The Morgan fingerprint density at radius 1 is 1.46 bits per heavy atom. The van der Waals surface area contributed by atoms with Crippen LogP contribution in [-0.2, 0) is 27.0 Å². The van der Waals surface area contributed by atoms with Crippen molar-refractivity contribution >= 4 is 12.1 Å². The van der Waals surface area contributed by atoms with Gasteiger partial charge in [0.15, 0.2) is 5.60 Å². The van der Waals surface area contributed by atoms with Gasteiger partial charge in [0.05, 0.1) is 38.1 Å². The minimum atomic E-state index is -4.65. The summed E-state index contributed by atoms with van der Waals surface area (Å²) in [5.74, 6) is -0.824. The lowest BCUT2D eigenvalue weighted by Gasteiger charge is -2.21. The van der Waals surface area contributed by atoms with Gasteiger partial charge >= 0.3 is 18.2 Å². The topological polar surface area (TPSA) is 86.8 Å². The molecule has 1 saturated heterocycles. The number of rotatable bonds is 5. The molecule has 1 unspecified atom stereocenters. The van der Waals surface area contributed by atoms with Gasteiger partial charge in [0.1, 0.15) is 5.69 Å². The molecule has 0 radical (unpaired) electrons. The molecule has 0 bridgehead atoms. The Labute approximate surface area is 135 Å². The van der Waals surface area contributed by atoms with E-state index in [-0.39, 0.29) is 31.0 Å². The molecule has 1 amide bonds. The van der Waals surface area contributed by atoms with E-state index in [2.05, 4.69) is 15.0 Å². The molecule has 24 heavy (non-hydrogen) atoms. The van der Waals surface area contributed by atoms with Crippen molar-refractivity contribution in [2.24, 2.45) is 0 Å². The largest absolute Gasteiger partial charge is 0.465 e. The standard InChI is InChI=1S/C14H15F3N2O5/c1-13(6-18-12(21)24-13)7-23-5-9-8(11(20)22-2)3-4-10(19-9)14(15,16)17/h3-4H,5-7H2,1-2H3,(H,18,21). The fourth-order valence-electron chi connectivity index (χ4n) is 2.06. The molecule has 0 spiro atoms. The molecular formula is C14H15F3N2O5. The Bertz CT molecular complexity index is 650. The third-order valence-corrected chi connectivity index (χ3v) is 3.26. The number of cyclic esters (lactones) is 1. The summed E-state index contributed by atoms with van der Waals surface area (Å²) in [5.41, 5.74) is -2.42. The van der Waals surface area contributed by atoms with Gasteiger partial charge in [-0.1, -0.05) is 0 Å². The van der Waals surface area contributed by atoms with Crippen molar-refractivity contribution in [2.45, 2.75) is 25.3 Å². The number of hydrogen-bond acceptors (Lipinski definition) is 6. The highest BCUT2D eigenvalue weighted by atomic mass is 19.4. The van der Waals surface area contributed by atoms with Crippen LogP contribution in [0.3, 0.4) is 0 Å². The van der Waals surface area contributed by atoms with E-state index in [1.807, 2.05) is 0 Å². The van der Waals surface area contributed by atoms with Gasteiger partial charge in [-0.05, 0) is 19.1 Å². The molecule has 0 aliphatic carbocycles. The molecule has 1 aliphatic rings. The van der Waals surface area contributed by atoms with Crippen molar-refractivity contribution in [3.63, 3.8) is 0 Å². The van der Waals surface area contributed by atoms with Crippen molar-refractivity contribution in [1.82, 2.24) is 10.3 Å². The fraction of sp³-hybridized carbons (Fsp3) is 0.500. The number of hydrogen-bond donors (Lipinski definition) is 1. The molecule has 1 atom stereocenters. The molecule has 1 fully saturated rings. The number of methoxy groups -OCH3 is 1. The summed E-state index contributed by atoms with van der Waals surface area (Å²) in [6.45, 7) is 1.35. The maximum absolute atomic E-state index is 12.8. The molecule has 1 N–H and O–H groups in total. The minimum absolute atomic E-state index is 0.0791. The lowest BCUT2D eigenvalue weighted by atomic mass is 10.1. The first-order chi connectivity index (χ1) is 11.1. The number of esters is 1. The Morgan fingerprint density at radius 3 is 2.71 bits per heavy atom. The van der Waals surface area contributed by atoms with Gasteiger partial charge < -0.3 is 19.5 Å². The third-order valence-electron chi connectivity index (χ3n) is 3.26. The number of nitrogens with zero attached hydrogens (tertiary/aromatic N) is 1. The van der Waals surface area contributed by atoms with Gasteiger partial charge in [0, 0.05) is 0 Å². The summed E-state index contributed by atoms with van der Waals surface area (Å²) in [7, 11) is 1.11. The summed E-state index contributed by atoms with van der Waals surface area (Å²) in [5, 5.41) is 2.45. The monoisotopic (exact) mass is 348 g/mol. The number of amides is 1. The summed E-state index contributed by atoms with van der Waals surface area (Å²) in [4.78, 5) is 26.1. The molecular weight excluding hydrogens is 333 g/mol. The second-order valence-electron chi connectivity index (χ2n) is 5.37. The zero-order valence-corrected chi connectivity index (χ0v) is 12.9. The first-order valence-electron chi connectivity index (χ1n) is 6.85. The van der Waals surface area contributed by atoms with Crippen molar-refractivity contribution in [1.29, 1.82) is 0 Å². The third kappa shape index (κ3) is 4.13. The van der Waals surface area contributed by atoms with E-state index >= 15 is 0 Å². The van der Waals surface area contributed by atoms with Crippen molar-refractivity contribution in [2.75, 3.05) is 20.3 Å². The number of nitrogens with one attached hydrogen (secondary N) is 1. The van der Waals surface area contributed by atoms with E-state index in [0.717, 1.165) is 13.2 Å². The van der Waals surface area contributed by atoms with Crippen LogP contribution in [-0.4, -0.2) is 42.9 Å². The molecule has 10 heteroatoms. The van der Waals surface area contributed by atoms with Crippen LogP contribution in [0.15, 0.2) is 12.1 Å². The van der Waals surface area contributed by atoms with Gasteiger partial charge in [-0.3, -0.25) is 0 Å². The molecule has 1 aromatic rings. The molecule has 132 valence electrons. The smallest absolute Gasteiger partial charge is 0.433 e. The van der Waals surface area contributed by atoms with Gasteiger partial charge in [-0.15, -0.1) is 0 Å². The number of alkyl carbamates (subject to hydrolysis) is 1. The number of halogens is 3. The maximum atomic E-state index is 12.8. The number of aromatic nitrogens is 1. The van der Waals surface area contributed by atoms with Gasteiger partial charge in [0.25, 0.3) is 0 Å². The molecule has 2 rings (SSSR count). The second-order valence-corrected chi connectivity index (χ2v) is 5.37. The lowest BCUT2D eigenvalue weighted by Crippen LogP contribution is -2.35. The van der Waals surface area contributed by atoms with E-state index in [9.17, 15) is 22.8 Å². The highest BCUT2D eigenvalue weighted by molar-refractivity contribution is 5.90. The normalized spacial score (nSPS) is 20.5. The molecule has 1 aromatic heterocycles. The highest BCUT2D eigenvalue weighted by Crippen LogP contribution is 2.28. The molecule has 7 nitrogen and oxygen atoms in total. The maximum Gasteiger partial charge on any atom is 0.433 e. The highest BCUT2D eigenvalue weighted by Gasteiger charge is 2.36. The van der Waals surface area contributed by atoms with Crippen LogP contribution in [0.1, 0.15) is 28.7 Å². The Kier molecular flexibility index (Phi) is 4.97. The average Bonchev–Trinajstić information content (AvgIpc) is 2.85. The van der Waals surface area contributed by atoms with Crippen LogP contribution in [0.25, 0.3) is 0 Å². The molecule has 0 aromatic carbocycles. The Hall–Kier alpha value is -2.36. The van der Waals surface area contributed by atoms with Gasteiger partial charge in [-0.25, -0.2) is 14.6 Å². The van der Waals surface area contributed by atoms with Gasteiger partial charge in [0.2, 0.25) is 0 Å². The van der Waals surface area contributed by atoms with Crippen molar-refractivity contribution < 1.29 is 37.0 Å². The Morgan fingerprint density at radius 2 is 2.17 bits per heavy atom. The number of carbonyl (C=O) groups excluding carboxylic acids is 2. The number of carbonyl (C=O) groups is 2. The van der Waals surface area contributed by atoms with Crippen LogP contribution in [0, 0.1) is 0 Å². The van der Waals surface area contributed by atoms with E-state index in [1.165, 1.54) is 0 Å². The summed E-state index contributed by atoms with van der Waals surface area (Å²) in [6, 6.07) is 1.68. The number of ether oxygens (including phenoxy) is 3. The Balaban J connectivity index is 2.14. The van der Waals surface area contributed by atoms with Crippen molar-refractivity contribution in [3.05, 3.63) is 29.1 Å². The molecule has 1 aliphatic heterocycles.